The monoisotopic (exact) mass is 966 g/mol. The van der Waals surface area contributed by atoms with Crippen LogP contribution in [0.15, 0.2) is 54.6 Å². The number of nitrogens with two attached hydrogens (primary N) is 1. The van der Waals surface area contributed by atoms with Gasteiger partial charge in [0.1, 0.15) is 0 Å². The molecule has 3 aliphatic heterocycles. The number of carbonyl (C=O) groups excluding carboxylic acids is 9. The number of benzene rings is 3. The Morgan fingerprint density at radius 1 is 0.610 bits per heavy atom. The Balaban J connectivity index is 0. The number of aromatic carboxylic acids is 2. The Bertz CT molecular complexity index is 2090. The molecule has 3 heterocycles. The maximum atomic E-state index is 11.5. The number of rotatable bonds is 4. The highest BCUT2D eigenvalue weighted by molar-refractivity contribution is 6.97. The number of alkyl halides is 4. The summed E-state index contributed by atoms with van der Waals surface area (Å²) in [7, 11) is 3.26. The van der Waals surface area contributed by atoms with Crippen LogP contribution in [-0.2, 0) is 14.3 Å². The number of carboxylic acids is 2. The Morgan fingerprint density at radius 2 is 0.881 bits per heavy atom. The fourth-order valence-electron chi connectivity index (χ4n) is 4.20. The van der Waals surface area contributed by atoms with Crippen LogP contribution in [0.4, 0.5) is 4.39 Å². The molecule has 25 heteroatoms. The van der Waals surface area contributed by atoms with Gasteiger partial charge in [0.05, 0.1) is 53.0 Å². The predicted molar refractivity (Wildman–Crippen MR) is 213 cm³/mol. The van der Waals surface area contributed by atoms with E-state index in [9.17, 15) is 57.1 Å². The topological polar surface area (TPSA) is 270 Å². The number of ether oxygens (including phenoxy) is 1. The van der Waals surface area contributed by atoms with E-state index >= 15 is 0 Å². The number of fused-ring (bicyclic) bond motifs is 3. The molecule has 59 heavy (non-hydrogen) atoms. The zero-order valence-corrected chi connectivity index (χ0v) is 35.2. The molecule has 17 nitrogen and oxygen atoms in total. The van der Waals surface area contributed by atoms with Gasteiger partial charge in [-0.2, -0.15) is 0 Å². The van der Waals surface area contributed by atoms with E-state index < -0.39 is 68.8 Å². The van der Waals surface area contributed by atoms with Gasteiger partial charge in [0.2, 0.25) is 0 Å². The van der Waals surface area contributed by atoms with E-state index in [4.69, 9.17) is 58.0 Å². The number of carbonyl (C=O) groups is 11. The molecule has 3 aromatic rings. The normalized spacial score (nSPS) is 12.4. The van der Waals surface area contributed by atoms with Gasteiger partial charge in [-0.3, -0.25) is 47.8 Å². The minimum absolute atomic E-state index is 0. The van der Waals surface area contributed by atoms with Crippen molar-refractivity contribution in [3.05, 3.63) is 105 Å². The third-order valence-corrected chi connectivity index (χ3v) is 7.36. The highest BCUT2D eigenvalue weighted by atomic mass is 35.6. The number of hydrogen-bond donors (Lipinski definition) is 3. The molecule has 6 rings (SSSR count). The van der Waals surface area contributed by atoms with Crippen LogP contribution in [-0.4, -0.2) is 116 Å². The molecule has 0 bridgehead atoms. The number of cyclic esters (lactones) is 2. The predicted octanol–water partition coefficient (Wildman–Crippen LogP) is 5.68. The van der Waals surface area contributed by atoms with Crippen LogP contribution in [0.5, 0.6) is 0 Å². The second-order valence-electron chi connectivity index (χ2n) is 9.98. The summed E-state index contributed by atoms with van der Waals surface area (Å²) in [5, 5.41) is 14.4. The van der Waals surface area contributed by atoms with Gasteiger partial charge in [-0.05, 0) is 96.4 Å². The van der Waals surface area contributed by atoms with Crippen LogP contribution >= 0.6 is 82.0 Å². The highest BCUT2D eigenvalue weighted by Gasteiger charge is 2.34. The third kappa shape index (κ3) is 15.6. The van der Waals surface area contributed by atoms with Gasteiger partial charge in [0.25, 0.3) is 28.9 Å². The Kier molecular flexibility index (Phi) is 23.9. The maximum absolute atomic E-state index is 11.5. The van der Waals surface area contributed by atoms with E-state index in [-0.39, 0.29) is 62.8 Å². The number of nitrogens with zero attached hydrogens (tertiary/aromatic N) is 2. The molecule has 318 valence electrons. The first-order chi connectivity index (χ1) is 27.4. The summed E-state index contributed by atoms with van der Waals surface area (Å²) in [6.45, 7) is 0. The van der Waals surface area contributed by atoms with Crippen LogP contribution in [0.25, 0.3) is 0 Å². The van der Waals surface area contributed by atoms with E-state index in [1.807, 2.05) is 0 Å². The van der Waals surface area contributed by atoms with Gasteiger partial charge < -0.3 is 20.7 Å². The minimum atomic E-state index is -1.15. The lowest BCUT2D eigenvalue weighted by Crippen LogP contribution is -2.24. The van der Waals surface area contributed by atoms with E-state index in [0.29, 0.717) is 5.56 Å². The molecule has 0 unspecified atom stereocenters. The quantitative estimate of drug-likeness (QED) is 0.0709. The zero-order chi connectivity index (χ0) is 46.1. The molecule has 4 amide bonds. The molecule has 0 radical (unpaired) electrons. The van der Waals surface area contributed by atoms with E-state index in [1.165, 1.54) is 69.7 Å². The molecular weight excluding hydrogens is 942 g/mol. The highest BCUT2D eigenvalue weighted by Crippen LogP contribution is 2.24. The van der Waals surface area contributed by atoms with Crippen molar-refractivity contribution in [1.29, 1.82) is 0 Å². The minimum Gasteiger partial charge on any atom is -0.478 e. The molecule has 3 aliphatic rings. The number of hydrogen-bond acceptors (Lipinski definition) is 13. The molecule has 0 saturated carbocycles. The summed E-state index contributed by atoms with van der Waals surface area (Å²) in [5.41, 5.74) is 5.75. The molecule has 0 atom stereocenters. The summed E-state index contributed by atoms with van der Waals surface area (Å²) < 4.78 is 19.0. The lowest BCUT2D eigenvalue weighted by Gasteiger charge is -2.02. The second kappa shape index (κ2) is 26.1. The van der Waals surface area contributed by atoms with Crippen LogP contribution in [0.3, 0.4) is 0 Å². The first-order valence-electron chi connectivity index (χ1n) is 15.4. The summed E-state index contributed by atoms with van der Waals surface area (Å²) in [5.74, 6) is -5.43. The Labute approximate surface area is 369 Å². The van der Waals surface area contributed by atoms with E-state index in [2.05, 4.69) is 33.7 Å². The van der Waals surface area contributed by atoms with Crippen molar-refractivity contribution in [2.75, 3.05) is 28.3 Å². The number of halogens is 8. The van der Waals surface area contributed by atoms with Crippen molar-refractivity contribution in [3.63, 3.8) is 0 Å². The lowest BCUT2D eigenvalue weighted by atomic mass is 10.1. The summed E-state index contributed by atoms with van der Waals surface area (Å²) in [6.07, 6.45) is 0. The van der Waals surface area contributed by atoms with Gasteiger partial charge >= 0.3 is 34.4 Å². The largest absolute Gasteiger partial charge is 0.478 e. The molecule has 0 aliphatic carbocycles. The third-order valence-electron chi connectivity index (χ3n) is 6.70. The first-order valence-corrected chi connectivity index (χ1v) is 17.1. The molecule has 0 fully saturated rings. The van der Waals surface area contributed by atoms with Crippen molar-refractivity contribution in [3.8, 4) is 0 Å². The summed E-state index contributed by atoms with van der Waals surface area (Å²) in [6, 6.07) is 11.8. The lowest BCUT2D eigenvalue weighted by molar-refractivity contribution is -0.127. The summed E-state index contributed by atoms with van der Waals surface area (Å²) in [4.78, 5) is 121. The standard InChI is InChI=1S/C10H6ClNO3.C10H7NO4.C9H4O5.C2Cl2O2.CHCl3.CH3F.CH5N.ClH/c1-12-9(14)6-3-2-5(8(11)13)4-7(6)10(12)15;1-11-8(12)6-3-2-5(10(14)15)4-7(6)9(11)13;10-7(11)4-1-2-5-6(3-4)9(13)14-8(5)12;3-1(5)2(4)6;2-1(3)4;2*1-2;/h2-4H,1H3;2-4H,1H3,(H,14,15);1-3H,(H,10,11);;1H;1H3;2H2,1H3;1H/i;;;;;1D;;. The van der Waals surface area contributed by atoms with Crippen molar-refractivity contribution in [2.45, 2.75) is 4.30 Å². The number of imide groups is 2. The summed E-state index contributed by atoms with van der Waals surface area (Å²) >= 11 is 28.7. The molecule has 0 aromatic heterocycles. The van der Waals surface area contributed by atoms with Crippen molar-refractivity contribution in [2.24, 2.45) is 5.73 Å². The number of carboxylic acid groups (broad SMARTS) is 2. The van der Waals surface area contributed by atoms with Gasteiger partial charge in [-0.15, -0.1) is 12.4 Å². The molecule has 3 aromatic carbocycles. The molecule has 0 spiro atoms. The van der Waals surface area contributed by atoms with Crippen LogP contribution in [0, 0.1) is 0 Å². The van der Waals surface area contributed by atoms with Gasteiger partial charge in [-0.1, -0.05) is 34.8 Å². The fourth-order valence-corrected chi connectivity index (χ4v) is 4.31. The zero-order valence-electron chi connectivity index (χ0n) is 30.8. The second-order valence-corrected chi connectivity index (χ2v) is 13.0. The Hall–Kier alpha value is -5.05. The van der Waals surface area contributed by atoms with E-state index in [0.717, 1.165) is 15.9 Å². The van der Waals surface area contributed by atoms with Crippen LogP contribution in [0.1, 0.15) is 94.6 Å². The number of esters is 2. The smallest absolute Gasteiger partial charge is 0.346 e. The van der Waals surface area contributed by atoms with E-state index in [1.54, 1.807) is 0 Å². The van der Waals surface area contributed by atoms with Gasteiger partial charge in [0, 0.05) is 19.7 Å². The Morgan fingerprint density at radius 3 is 1.20 bits per heavy atom. The molecule has 0 saturated heterocycles. The van der Waals surface area contributed by atoms with Crippen molar-refractivity contribution < 1.29 is 73.5 Å². The number of amides is 4. The van der Waals surface area contributed by atoms with Crippen molar-refractivity contribution in [1.82, 2.24) is 9.80 Å². The maximum Gasteiger partial charge on any atom is 0.346 e. The molecule has 4 N–H and O–H groups in total. The average molecular weight is 970 g/mol. The first kappa shape index (κ1) is 53.9. The van der Waals surface area contributed by atoms with Gasteiger partial charge in [0.15, 0.2) is 4.30 Å². The van der Waals surface area contributed by atoms with Crippen LogP contribution < -0.4 is 5.73 Å². The fraction of sp³-hybridized carbons (Fsp3) is 0.147. The van der Waals surface area contributed by atoms with Crippen molar-refractivity contribution >= 4 is 145 Å². The average Bonchev–Trinajstić information content (AvgIpc) is 3.68. The SMILES string of the molecule is CN.CN1C(=O)c2ccc(C(=O)Cl)cc2C1=O.CN1C(=O)c2ccc(C(=O)O)cc2C1=O.Cl.ClC(Cl)Cl.O=C(Cl)C(=O)Cl.O=C(O)c1ccc2c(c1)C(=O)OC2=O.[2H]CF. The van der Waals surface area contributed by atoms with Gasteiger partial charge in [-0.25, -0.2) is 19.2 Å². The van der Waals surface area contributed by atoms with Crippen LogP contribution in [0.2, 0.25) is 0 Å². The molecular formula is C34H27Cl7FN3O14.